The Morgan fingerprint density at radius 2 is 1.56 bits per heavy atom. The van der Waals surface area contributed by atoms with Crippen molar-refractivity contribution in [2.45, 2.75) is 13.8 Å². The third-order valence-corrected chi connectivity index (χ3v) is 3.85. The van der Waals surface area contributed by atoms with E-state index in [2.05, 4.69) is 5.32 Å². The van der Waals surface area contributed by atoms with Crippen LogP contribution in [0.4, 0.5) is 11.4 Å². The van der Waals surface area contributed by atoms with E-state index in [9.17, 15) is 19.5 Å². The number of aryl methyl sites for hydroxylation is 1. The summed E-state index contributed by atoms with van der Waals surface area (Å²) in [5, 5.41) is 12.8. The third-order valence-electron chi connectivity index (χ3n) is 3.85. The van der Waals surface area contributed by atoms with Gasteiger partial charge < -0.3 is 10.4 Å². The van der Waals surface area contributed by atoms with Crippen molar-refractivity contribution in [3.8, 4) is 0 Å². The lowest BCUT2D eigenvalue weighted by Gasteiger charge is -2.14. The van der Waals surface area contributed by atoms with Crippen LogP contribution in [0, 0.1) is 6.92 Å². The van der Waals surface area contributed by atoms with Crippen molar-refractivity contribution in [3.05, 3.63) is 65.4 Å². The maximum Gasteiger partial charge on any atom is 0.301 e. The molecule has 1 aliphatic rings. The van der Waals surface area contributed by atoms with Gasteiger partial charge in [0.05, 0.1) is 11.3 Å². The van der Waals surface area contributed by atoms with Crippen LogP contribution in [0.3, 0.4) is 0 Å². The van der Waals surface area contributed by atoms with Crippen molar-refractivity contribution in [1.82, 2.24) is 0 Å². The summed E-state index contributed by atoms with van der Waals surface area (Å²) >= 11 is 0. The molecule has 2 aromatic carbocycles. The number of anilines is 2. The van der Waals surface area contributed by atoms with Crippen LogP contribution in [0.5, 0.6) is 0 Å². The highest BCUT2D eigenvalue weighted by Gasteiger charge is 2.40. The lowest BCUT2D eigenvalue weighted by Crippen LogP contribution is -2.31. The first-order valence-corrected chi connectivity index (χ1v) is 7.65. The molecule has 6 heteroatoms. The summed E-state index contributed by atoms with van der Waals surface area (Å²) in [6.45, 7) is 3.29. The predicted molar refractivity (Wildman–Crippen MR) is 94.0 cm³/mol. The number of aliphatic hydroxyl groups excluding tert-OH is 1. The Labute approximate surface area is 144 Å². The molecule has 0 unspecified atom stereocenters. The Hall–Kier alpha value is -3.41. The largest absolute Gasteiger partial charge is 0.502 e. The normalized spacial score (nSPS) is 14.2. The number of hydrogen-bond acceptors (Lipinski definition) is 4. The summed E-state index contributed by atoms with van der Waals surface area (Å²) in [6.07, 6.45) is 0. The maximum atomic E-state index is 12.7. The Kier molecular flexibility index (Phi) is 4.10. The number of carbonyl (C=O) groups is 3. The second-order valence-corrected chi connectivity index (χ2v) is 5.76. The molecule has 1 heterocycles. The van der Waals surface area contributed by atoms with Gasteiger partial charge in [0.1, 0.15) is 0 Å². The predicted octanol–water partition coefficient (Wildman–Crippen LogP) is 2.80. The molecular weight excluding hydrogens is 320 g/mol. The lowest BCUT2D eigenvalue weighted by molar-refractivity contribution is -0.121. The number of benzene rings is 2. The van der Waals surface area contributed by atoms with Crippen LogP contribution >= 0.6 is 0 Å². The number of nitrogens with zero attached hydrogens (tertiary/aromatic N) is 1. The summed E-state index contributed by atoms with van der Waals surface area (Å²) < 4.78 is 0. The molecule has 0 aromatic heterocycles. The van der Waals surface area contributed by atoms with Crippen molar-refractivity contribution in [2.75, 3.05) is 10.2 Å². The van der Waals surface area contributed by atoms with E-state index < -0.39 is 17.6 Å². The molecule has 6 nitrogen and oxygen atoms in total. The fourth-order valence-corrected chi connectivity index (χ4v) is 2.63. The van der Waals surface area contributed by atoms with Crippen molar-refractivity contribution in [1.29, 1.82) is 0 Å². The van der Waals surface area contributed by atoms with Crippen molar-refractivity contribution < 1.29 is 19.5 Å². The van der Waals surface area contributed by atoms with Gasteiger partial charge in [-0.2, -0.15) is 0 Å². The quantitative estimate of drug-likeness (QED) is 0.844. The van der Waals surface area contributed by atoms with Crippen LogP contribution in [-0.2, 0) is 14.4 Å². The standard InChI is InChI=1S/C19H16N2O4/c1-11-3-9-15(10-4-11)21-18(24)16(17(23)19(21)25)13-5-7-14(8-6-13)20-12(2)22/h3-10,23H,1-2H3,(H,20,22). The second kappa shape index (κ2) is 6.24. The molecule has 0 fully saturated rings. The molecule has 0 atom stereocenters. The Morgan fingerprint density at radius 1 is 0.960 bits per heavy atom. The zero-order valence-corrected chi connectivity index (χ0v) is 13.7. The van der Waals surface area contributed by atoms with Crippen molar-refractivity contribution in [2.24, 2.45) is 0 Å². The minimum atomic E-state index is -0.755. The monoisotopic (exact) mass is 336 g/mol. The van der Waals surface area contributed by atoms with Crippen LogP contribution in [0.2, 0.25) is 0 Å². The molecule has 0 bridgehead atoms. The van der Waals surface area contributed by atoms with Crippen LogP contribution in [0.1, 0.15) is 18.1 Å². The number of imide groups is 1. The molecule has 3 amide bonds. The Balaban J connectivity index is 1.94. The van der Waals surface area contributed by atoms with Gasteiger partial charge in [-0.25, -0.2) is 4.90 Å². The first-order valence-electron chi connectivity index (χ1n) is 7.65. The third kappa shape index (κ3) is 3.01. The van der Waals surface area contributed by atoms with Crippen LogP contribution in [0.25, 0.3) is 5.57 Å². The lowest BCUT2D eigenvalue weighted by atomic mass is 10.0. The zero-order valence-electron chi connectivity index (χ0n) is 13.7. The van der Waals surface area contributed by atoms with E-state index in [4.69, 9.17) is 0 Å². The molecule has 0 saturated heterocycles. The molecule has 2 aromatic rings. The molecule has 25 heavy (non-hydrogen) atoms. The minimum Gasteiger partial charge on any atom is -0.502 e. The van der Waals surface area contributed by atoms with Gasteiger partial charge in [-0.15, -0.1) is 0 Å². The van der Waals surface area contributed by atoms with E-state index in [0.29, 0.717) is 16.9 Å². The highest BCUT2D eigenvalue weighted by atomic mass is 16.3. The fourth-order valence-electron chi connectivity index (χ4n) is 2.63. The van der Waals surface area contributed by atoms with Gasteiger partial charge in [-0.1, -0.05) is 29.8 Å². The van der Waals surface area contributed by atoms with E-state index in [-0.39, 0.29) is 11.5 Å². The molecule has 2 N–H and O–H groups in total. The highest BCUT2D eigenvalue weighted by molar-refractivity contribution is 6.44. The van der Waals surface area contributed by atoms with Crippen LogP contribution in [-0.4, -0.2) is 22.8 Å². The van der Waals surface area contributed by atoms with Crippen LogP contribution < -0.4 is 10.2 Å². The first kappa shape index (κ1) is 16.4. The summed E-state index contributed by atoms with van der Waals surface area (Å²) in [4.78, 5) is 37.0. The fraction of sp³-hybridized carbons (Fsp3) is 0.105. The van der Waals surface area contributed by atoms with Crippen LogP contribution in [0.15, 0.2) is 54.3 Å². The summed E-state index contributed by atoms with van der Waals surface area (Å²) in [5.41, 5.74) is 2.30. The van der Waals surface area contributed by atoms with Gasteiger partial charge in [-0.05, 0) is 36.8 Å². The molecule has 0 radical (unpaired) electrons. The molecular formula is C19H16N2O4. The summed E-state index contributed by atoms with van der Waals surface area (Å²) in [6, 6.07) is 13.2. The number of carbonyl (C=O) groups excluding carboxylic acids is 3. The topological polar surface area (TPSA) is 86.7 Å². The molecule has 3 rings (SSSR count). The average Bonchev–Trinajstić information content (AvgIpc) is 2.79. The van der Waals surface area contributed by atoms with E-state index >= 15 is 0 Å². The number of nitrogens with one attached hydrogen (secondary N) is 1. The highest BCUT2D eigenvalue weighted by Crippen LogP contribution is 2.32. The maximum absolute atomic E-state index is 12.7. The van der Waals surface area contributed by atoms with E-state index in [1.54, 1.807) is 48.5 Å². The molecule has 0 saturated carbocycles. The number of amides is 3. The second-order valence-electron chi connectivity index (χ2n) is 5.76. The zero-order chi connectivity index (χ0) is 18.1. The smallest absolute Gasteiger partial charge is 0.301 e. The molecule has 126 valence electrons. The summed E-state index contributed by atoms with van der Waals surface area (Å²) in [5.74, 6) is -2.14. The molecule has 1 aliphatic heterocycles. The Morgan fingerprint density at radius 3 is 2.12 bits per heavy atom. The minimum absolute atomic E-state index is 0.0556. The van der Waals surface area contributed by atoms with Gasteiger partial charge in [0.25, 0.3) is 5.91 Å². The van der Waals surface area contributed by atoms with E-state index in [1.807, 2.05) is 6.92 Å². The van der Waals surface area contributed by atoms with Gasteiger partial charge in [-0.3, -0.25) is 14.4 Å². The SMILES string of the molecule is CC(=O)Nc1ccc(C2=C(O)C(=O)N(c3ccc(C)cc3)C2=O)cc1. The van der Waals surface area contributed by atoms with E-state index in [1.165, 1.54) is 6.92 Å². The van der Waals surface area contributed by atoms with Gasteiger partial charge in [0.15, 0.2) is 5.76 Å². The number of aliphatic hydroxyl groups is 1. The molecule has 0 aliphatic carbocycles. The molecule has 0 spiro atoms. The number of hydrogen-bond donors (Lipinski definition) is 2. The van der Waals surface area contributed by atoms with Crippen molar-refractivity contribution in [3.63, 3.8) is 0 Å². The average molecular weight is 336 g/mol. The van der Waals surface area contributed by atoms with Gasteiger partial charge in [0, 0.05) is 12.6 Å². The van der Waals surface area contributed by atoms with Gasteiger partial charge >= 0.3 is 5.91 Å². The Bertz CT molecular complexity index is 896. The van der Waals surface area contributed by atoms with Crippen molar-refractivity contribution >= 4 is 34.7 Å². The van der Waals surface area contributed by atoms with E-state index in [0.717, 1.165) is 10.5 Å². The van der Waals surface area contributed by atoms with Gasteiger partial charge in [0.2, 0.25) is 5.91 Å². The summed E-state index contributed by atoms with van der Waals surface area (Å²) in [7, 11) is 0. The number of rotatable bonds is 3. The first-order chi connectivity index (χ1) is 11.9.